The summed E-state index contributed by atoms with van der Waals surface area (Å²) in [5, 5.41) is 4.71. The number of nitrogens with one attached hydrogen (secondary N) is 1. The lowest BCUT2D eigenvalue weighted by Crippen LogP contribution is -2.30. The van der Waals surface area contributed by atoms with Crippen LogP contribution in [0.5, 0.6) is 0 Å². The van der Waals surface area contributed by atoms with Gasteiger partial charge in [-0.3, -0.25) is 9.59 Å². The molecule has 1 amide bonds. The zero-order valence-corrected chi connectivity index (χ0v) is 14.2. The first-order valence-corrected chi connectivity index (χ1v) is 8.25. The second-order valence-electron chi connectivity index (χ2n) is 5.95. The minimum Gasteiger partial charge on any atom is -0.452 e. The highest BCUT2D eigenvalue weighted by Gasteiger charge is 2.18. The highest BCUT2D eigenvalue weighted by molar-refractivity contribution is 6.03. The molecule has 4 nitrogen and oxygen atoms in total. The van der Waals surface area contributed by atoms with Gasteiger partial charge in [-0.2, -0.15) is 0 Å². The third-order valence-corrected chi connectivity index (χ3v) is 3.99. The van der Waals surface area contributed by atoms with Crippen LogP contribution in [0.3, 0.4) is 0 Å². The van der Waals surface area contributed by atoms with Crippen LogP contribution in [-0.4, -0.2) is 18.0 Å². The van der Waals surface area contributed by atoms with Crippen molar-refractivity contribution >= 4 is 28.3 Å². The lowest BCUT2D eigenvalue weighted by atomic mass is 10.1. The summed E-state index contributed by atoms with van der Waals surface area (Å²) in [7, 11) is 0. The van der Waals surface area contributed by atoms with Gasteiger partial charge in [0.05, 0.1) is 6.42 Å². The maximum atomic E-state index is 12.9. The van der Waals surface area contributed by atoms with E-state index in [4.69, 9.17) is 4.74 Å². The van der Waals surface area contributed by atoms with Gasteiger partial charge in [-0.25, -0.2) is 4.39 Å². The van der Waals surface area contributed by atoms with E-state index >= 15 is 0 Å². The summed E-state index contributed by atoms with van der Waals surface area (Å²) < 4.78 is 18.1. The Bertz CT molecular complexity index is 932. The van der Waals surface area contributed by atoms with Crippen molar-refractivity contribution in [1.82, 2.24) is 0 Å². The van der Waals surface area contributed by atoms with Gasteiger partial charge in [0.1, 0.15) is 5.82 Å². The lowest BCUT2D eigenvalue weighted by molar-refractivity contribution is -0.152. The van der Waals surface area contributed by atoms with E-state index < -0.39 is 18.0 Å². The molecule has 0 aliphatic carbocycles. The second kappa shape index (κ2) is 7.78. The zero-order valence-electron chi connectivity index (χ0n) is 14.2. The standard InChI is InChI=1S/C21H18FNO3/c1-14(26-20(24)13-15-9-11-17(22)12-10-15)21(25)23-19-8-4-6-16-5-2-3-7-18(16)19/h2-12,14H,13H2,1H3,(H,23,25)/t14-/m1/s1. The quantitative estimate of drug-likeness (QED) is 0.705. The Labute approximate surface area is 150 Å². The molecule has 0 unspecified atom stereocenters. The van der Waals surface area contributed by atoms with Crippen molar-refractivity contribution in [2.24, 2.45) is 0 Å². The zero-order chi connectivity index (χ0) is 18.5. The van der Waals surface area contributed by atoms with Crippen LogP contribution in [0, 0.1) is 5.82 Å². The van der Waals surface area contributed by atoms with E-state index in [2.05, 4.69) is 5.32 Å². The fraction of sp³-hybridized carbons (Fsp3) is 0.143. The predicted molar refractivity (Wildman–Crippen MR) is 98.2 cm³/mol. The van der Waals surface area contributed by atoms with Gasteiger partial charge in [-0.1, -0.05) is 48.5 Å². The fourth-order valence-corrected chi connectivity index (χ4v) is 2.63. The van der Waals surface area contributed by atoms with Crippen LogP contribution >= 0.6 is 0 Å². The largest absolute Gasteiger partial charge is 0.452 e. The van der Waals surface area contributed by atoms with Crippen LogP contribution in [0.1, 0.15) is 12.5 Å². The smallest absolute Gasteiger partial charge is 0.311 e. The fourth-order valence-electron chi connectivity index (χ4n) is 2.63. The molecule has 0 aromatic heterocycles. The van der Waals surface area contributed by atoms with Crippen molar-refractivity contribution in [3.05, 3.63) is 78.1 Å². The summed E-state index contributed by atoms with van der Waals surface area (Å²) in [5.41, 5.74) is 1.28. The maximum absolute atomic E-state index is 12.9. The molecule has 3 aromatic rings. The number of esters is 1. The van der Waals surface area contributed by atoms with E-state index in [1.54, 1.807) is 6.07 Å². The Morgan fingerprint density at radius 3 is 2.46 bits per heavy atom. The summed E-state index contributed by atoms with van der Waals surface area (Å²) in [6.45, 7) is 1.52. The summed E-state index contributed by atoms with van der Waals surface area (Å²) in [6.07, 6.45) is -0.964. The molecule has 0 aliphatic rings. The van der Waals surface area contributed by atoms with E-state index in [1.807, 2.05) is 36.4 Å². The number of hydrogen-bond donors (Lipinski definition) is 1. The number of rotatable bonds is 5. The maximum Gasteiger partial charge on any atom is 0.311 e. The molecule has 0 fully saturated rings. The molecule has 1 N–H and O–H groups in total. The molecule has 0 saturated carbocycles. The summed E-state index contributed by atoms with van der Waals surface area (Å²) in [4.78, 5) is 24.3. The molecule has 26 heavy (non-hydrogen) atoms. The van der Waals surface area contributed by atoms with Gasteiger partial charge < -0.3 is 10.1 Å². The molecule has 0 radical (unpaired) electrons. The van der Waals surface area contributed by atoms with Crippen LogP contribution in [0.4, 0.5) is 10.1 Å². The molecule has 0 spiro atoms. The van der Waals surface area contributed by atoms with Crippen LogP contribution in [-0.2, 0) is 20.7 Å². The SMILES string of the molecule is C[C@@H](OC(=O)Cc1ccc(F)cc1)C(=O)Nc1cccc2ccccc12. The van der Waals surface area contributed by atoms with Crippen molar-refractivity contribution in [2.75, 3.05) is 5.32 Å². The van der Waals surface area contributed by atoms with E-state index in [0.29, 0.717) is 11.3 Å². The van der Waals surface area contributed by atoms with Gasteiger partial charge in [0, 0.05) is 11.1 Å². The Balaban J connectivity index is 1.62. The van der Waals surface area contributed by atoms with Crippen LogP contribution in [0.25, 0.3) is 10.8 Å². The minimum absolute atomic E-state index is 0.0217. The van der Waals surface area contributed by atoms with Crippen LogP contribution in [0.2, 0.25) is 0 Å². The van der Waals surface area contributed by atoms with Crippen LogP contribution in [0.15, 0.2) is 66.7 Å². The van der Waals surface area contributed by atoms with Crippen molar-refractivity contribution in [3.63, 3.8) is 0 Å². The number of ether oxygens (including phenoxy) is 1. The Hall–Kier alpha value is -3.21. The number of anilines is 1. The third kappa shape index (κ3) is 4.25. The van der Waals surface area contributed by atoms with Crippen molar-refractivity contribution < 1.29 is 18.7 Å². The van der Waals surface area contributed by atoms with Crippen molar-refractivity contribution in [2.45, 2.75) is 19.4 Å². The summed E-state index contributed by atoms with van der Waals surface area (Å²) >= 11 is 0. The Kier molecular flexibility index (Phi) is 5.27. The first-order valence-electron chi connectivity index (χ1n) is 8.25. The van der Waals surface area contributed by atoms with E-state index in [-0.39, 0.29) is 12.2 Å². The number of benzene rings is 3. The average molecular weight is 351 g/mol. The van der Waals surface area contributed by atoms with Gasteiger partial charge in [-0.05, 0) is 36.1 Å². The Morgan fingerprint density at radius 2 is 1.69 bits per heavy atom. The summed E-state index contributed by atoms with van der Waals surface area (Å²) in [6, 6.07) is 18.9. The van der Waals surface area contributed by atoms with Gasteiger partial charge in [0.25, 0.3) is 5.91 Å². The van der Waals surface area contributed by atoms with E-state index in [9.17, 15) is 14.0 Å². The molecular formula is C21H18FNO3. The molecule has 3 aromatic carbocycles. The van der Waals surface area contributed by atoms with Gasteiger partial charge in [0.2, 0.25) is 0 Å². The monoisotopic (exact) mass is 351 g/mol. The molecule has 5 heteroatoms. The number of amides is 1. The molecule has 0 saturated heterocycles. The molecule has 0 bridgehead atoms. The number of hydrogen-bond acceptors (Lipinski definition) is 3. The molecule has 0 heterocycles. The summed E-state index contributed by atoms with van der Waals surface area (Å²) in [5.74, 6) is -1.32. The molecule has 0 aliphatic heterocycles. The highest BCUT2D eigenvalue weighted by Crippen LogP contribution is 2.23. The highest BCUT2D eigenvalue weighted by atomic mass is 19.1. The number of carbonyl (C=O) groups excluding carboxylic acids is 2. The van der Waals surface area contributed by atoms with Gasteiger partial charge in [0.15, 0.2) is 6.10 Å². The second-order valence-corrected chi connectivity index (χ2v) is 5.95. The lowest BCUT2D eigenvalue weighted by Gasteiger charge is -2.15. The van der Waals surface area contributed by atoms with E-state index in [0.717, 1.165) is 10.8 Å². The topological polar surface area (TPSA) is 55.4 Å². The first-order chi connectivity index (χ1) is 12.5. The Morgan fingerprint density at radius 1 is 1.00 bits per heavy atom. The molecular weight excluding hydrogens is 333 g/mol. The molecule has 1 atom stereocenters. The predicted octanol–water partition coefficient (Wildman–Crippen LogP) is 4.09. The normalized spacial score (nSPS) is 11.8. The molecule has 3 rings (SSSR count). The van der Waals surface area contributed by atoms with Gasteiger partial charge >= 0.3 is 5.97 Å². The van der Waals surface area contributed by atoms with Crippen molar-refractivity contribution in [1.29, 1.82) is 0 Å². The number of carbonyl (C=O) groups is 2. The minimum atomic E-state index is -0.943. The first kappa shape index (κ1) is 17.6. The van der Waals surface area contributed by atoms with Crippen LogP contribution < -0.4 is 5.32 Å². The van der Waals surface area contributed by atoms with E-state index in [1.165, 1.54) is 31.2 Å². The third-order valence-electron chi connectivity index (χ3n) is 3.99. The average Bonchev–Trinajstić information content (AvgIpc) is 2.64. The van der Waals surface area contributed by atoms with Gasteiger partial charge in [-0.15, -0.1) is 0 Å². The van der Waals surface area contributed by atoms with Crippen molar-refractivity contribution in [3.8, 4) is 0 Å². The molecule has 132 valence electrons. The number of fused-ring (bicyclic) bond motifs is 1. The number of halogens is 1.